The lowest BCUT2D eigenvalue weighted by Crippen LogP contribution is -2.48. The number of amides is 1. The van der Waals surface area contributed by atoms with Gasteiger partial charge in [-0.05, 0) is 32.1 Å². The molecule has 1 fully saturated rings. The number of nitrogens with one attached hydrogen (secondary N) is 1. The third kappa shape index (κ3) is 1.45. The Morgan fingerprint density at radius 3 is 3.11 bits per heavy atom. The van der Waals surface area contributed by atoms with E-state index in [1.54, 1.807) is 6.07 Å². The number of benzene rings is 1. The Balaban J connectivity index is 1.90. The highest BCUT2D eigenvalue weighted by Crippen LogP contribution is 2.50. The van der Waals surface area contributed by atoms with E-state index in [4.69, 9.17) is 0 Å². The van der Waals surface area contributed by atoms with Gasteiger partial charge in [0.05, 0.1) is 17.9 Å². The molecule has 0 bridgehead atoms. The lowest BCUT2D eigenvalue weighted by molar-refractivity contribution is -0.115. The van der Waals surface area contributed by atoms with Crippen LogP contribution in [0.3, 0.4) is 0 Å². The SMILES string of the molecule is CN1CCC2C(C1)c1c(F)ccc3c1N2CC(=O)N3. The molecule has 1 amide bonds. The zero-order valence-electron chi connectivity index (χ0n) is 10.8. The van der Waals surface area contributed by atoms with Crippen molar-refractivity contribution in [3.63, 3.8) is 0 Å². The van der Waals surface area contributed by atoms with Crippen LogP contribution < -0.4 is 10.2 Å². The van der Waals surface area contributed by atoms with Crippen molar-refractivity contribution in [2.45, 2.75) is 18.4 Å². The summed E-state index contributed by atoms with van der Waals surface area (Å²) in [4.78, 5) is 16.1. The average molecular weight is 261 g/mol. The van der Waals surface area contributed by atoms with Crippen molar-refractivity contribution in [2.24, 2.45) is 0 Å². The monoisotopic (exact) mass is 261 g/mol. The Morgan fingerprint density at radius 2 is 2.26 bits per heavy atom. The third-order valence-corrected chi connectivity index (χ3v) is 4.59. The Kier molecular flexibility index (Phi) is 2.18. The van der Waals surface area contributed by atoms with Gasteiger partial charge in [0.2, 0.25) is 5.91 Å². The molecule has 3 aliphatic rings. The molecule has 1 N–H and O–H groups in total. The quantitative estimate of drug-likeness (QED) is 0.766. The van der Waals surface area contributed by atoms with Crippen molar-refractivity contribution in [1.29, 1.82) is 0 Å². The minimum Gasteiger partial charge on any atom is -0.357 e. The number of carbonyl (C=O) groups is 1. The van der Waals surface area contributed by atoms with E-state index in [0.29, 0.717) is 6.54 Å². The number of rotatable bonds is 0. The second-order valence-corrected chi connectivity index (χ2v) is 5.76. The van der Waals surface area contributed by atoms with Gasteiger partial charge in [-0.25, -0.2) is 4.39 Å². The van der Waals surface area contributed by atoms with Crippen molar-refractivity contribution in [1.82, 2.24) is 4.90 Å². The van der Waals surface area contributed by atoms with E-state index in [1.807, 2.05) is 0 Å². The molecule has 0 saturated carbocycles. The van der Waals surface area contributed by atoms with Crippen LogP contribution in [0.25, 0.3) is 0 Å². The highest BCUT2D eigenvalue weighted by atomic mass is 19.1. The molecule has 1 aromatic rings. The molecule has 5 heteroatoms. The molecule has 0 aliphatic carbocycles. The predicted octanol–water partition coefficient (Wildman–Crippen LogP) is 1.39. The molecule has 4 rings (SSSR count). The largest absolute Gasteiger partial charge is 0.357 e. The summed E-state index contributed by atoms with van der Waals surface area (Å²) >= 11 is 0. The van der Waals surface area contributed by atoms with Gasteiger partial charge in [0.25, 0.3) is 0 Å². The van der Waals surface area contributed by atoms with E-state index in [-0.39, 0.29) is 23.7 Å². The topological polar surface area (TPSA) is 35.6 Å². The smallest absolute Gasteiger partial charge is 0.243 e. The van der Waals surface area contributed by atoms with Crippen LogP contribution in [-0.4, -0.2) is 43.5 Å². The van der Waals surface area contributed by atoms with Crippen LogP contribution in [0.4, 0.5) is 15.8 Å². The number of likely N-dealkylation sites (N-methyl/N-ethyl adjacent to an activating group) is 1. The summed E-state index contributed by atoms with van der Waals surface area (Å²) in [6.07, 6.45) is 0.988. The number of likely N-dealkylation sites (tertiary alicyclic amines) is 1. The minimum atomic E-state index is -0.136. The lowest BCUT2D eigenvalue weighted by atomic mass is 9.89. The highest BCUT2D eigenvalue weighted by Gasteiger charge is 2.46. The summed E-state index contributed by atoms with van der Waals surface area (Å²) in [6.45, 7) is 2.22. The van der Waals surface area contributed by atoms with Gasteiger partial charge in [-0.15, -0.1) is 0 Å². The molecular weight excluding hydrogens is 245 g/mol. The maximum absolute atomic E-state index is 14.2. The molecule has 0 aromatic heterocycles. The van der Waals surface area contributed by atoms with Crippen molar-refractivity contribution in [2.75, 3.05) is 36.9 Å². The van der Waals surface area contributed by atoms with Crippen LogP contribution in [-0.2, 0) is 4.79 Å². The summed E-state index contributed by atoms with van der Waals surface area (Å²) in [7, 11) is 2.07. The van der Waals surface area contributed by atoms with Crippen LogP contribution in [0.15, 0.2) is 12.1 Å². The zero-order valence-corrected chi connectivity index (χ0v) is 10.8. The van der Waals surface area contributed by atoms with Crippen molar-refractivity contribution < 1.29 is 9.18 Å². The van der Waals surface area contributed by atoms with E-state index < -0.39 is 0 Å². The minimum absolute atomic E-state index is 0.00429. The van der Waals surface area contributed by atoms with Crippen LogP contribution in [0.5, 0.6) is 0 Å². The van der Waals surface area contributed by atoms with E-state index in [1.165, 1.54) is 6.07 Å². The molecule has 2 atom stereocenters. The molecule has 4 nitrogen and oxygen atoms in total. The summed E-state index contributed by atoms with van der Waals surface area (Å²) < 4.78 is 14.2. The number of fused-ring (bicyclic) bond motifs is 3. The molecule has 3 heterocycles. The second-order valence-electron chi connectivity index (χ2n) is 5.76. The fourth-order valence-corrected chi connectivity index (χ4v) is 3.81. The summed E-state index contributed by atoms with van der Waals surface area (Å²) in [6, 6.07) is 3.43. The van der Waals surface area contributed by atoms with Gasteiger partial charge in [-0.2, -0.15) is 0 Å². The van der Waals surface area contributed by atoms with E-state index in [2.05, 4.69) is 22.2 Å². The molecular formula is C14H16FN3O. The lowest BCUT2D eigenvalue weighted by Gasteiger charge is -2.38. The molecule has 2 unspecified atom stereocenters. The Bertz CT molecular complexity index is 574. The van der Waals surface area contributed by atoms with Gasteiger partial charge >= 0.3 is 0 Å². The van der Waals surface area contributed by atoms with Gasteiger partial charge in [-0.3, -0.25) is 4.79 Å². The molecule has 0 radical (unpaired) electrons. The molecule has 1 saturated heterocycles. The van der Waals surface area contributed by atoms with Gasteiger partial charge in [0, 0.05) is 24.1 Å². The first-order valence-electron chi connectivity index (χ1n) is 6.72. The molecule has 100 valence electrons. The molecule has 3 aliphatic heterocycles. The number of anilines is 2. The van der Waals surface area contributed by atoms with Crippen LogP contribution >= 0.6 is 0 Å². The summed E-state index contributed by atoms with van der Waals surface area (Å²) in [5.74, 6) is 0.0498. The maximum Gasteiger partial charge on any atom is 0.243 e. The number of halogens is 1. The maximum atomic E-state index is 14.2. The fraction of sp³-hybridized carbons (Fsp3) is 0.500. The van der Waals surface area contributed by atoms with Gasteiger partial charge in [0.15, 0.2) is 0 Å². The van der Waals surface area contributed by atoms with Gasteiger partial charge in [-0.1, -0.05) is 0 Å². The second kappa shape index (κ2) is 3.70. The van der Waals surface area contributed by atoms with Gasteiger partial charge < -0.3 is 15.1 Å². The average Bonchev–Trinajstić information content (AvgIpc) is 2.69. The normalized spacial score (nSPS) is 28.9. The van der Waals surface area contributed by atoms with E-state index in [9.17, 15) is 9.18 Å². The number of hydrogen-bond donors (Lipinski definition) is 1. The van der Waals surface area contributed by atoms with Crippen LogP contribution in [0.2, 0.25) is 0 Å². The third-order valence-electron chi connectivity index (χ3n) is 4.59. The van der Waals surface area contributed by atoms with Crippen molar-refractivity contribution in [3.8, 4) is 0 Å². The van der Waals surface area contributed by atoms with Crippen LogP contribution in [0.1, 0.15) is 17.9 Å². The standard InChI is InChI=1S/C14H16FN3O/c1-17-5-4-11-8(6-17)13-9(15)2-3-10-14(13)18(11)7-12(19)16-10/h2-3,8,11H,4-7H2,1H3,(H,16,19). The van der Waals surface area contributed by atoms with Crippen molar-refractivity contribution >= 4 is 17.3 Å². The number of hydrogen-bond acceptors (Lipinski definition) is 3. The summed E-state index contributed by atoms with van der Waals surface area (Å²) in [5.41, 5.74) is 2.49. The highest BCUT2D eigenvalue weighted by molar-refractivity contribution is 6.03. The summed E-state index contributed by atoms with van der Waals surface area (Å²) in [5, 5.41) is 2.86. The Labute approximate surface area is 111 Å². The van der Waals surface area contributed by atoms with Gasteiger partial charge in [0.1, 0.15) is 5.82 Å². The molecule has 1 aromatic carbocycles. The number of carbonyl (C=O) groups excluding carboxylic acids is 1. The first-order valence-corrected chi connectivity index (χ1v) is 6.72. The first-order chi connectivity index (χ1) is 9.15. The van der Waals surface area contributed by atoms with Crippen LogP contribution in [0, 0.1) is 5.82 Å². The first kappa shape index (κ1) is 11.2. The zero-order chi connectivity index (χ0) is 13.1. The molecule has 0 spiro atoms. The van der Waals surface area contributed by atoms with E-state index >= 15 is 0 Å². The Morgan fingerprint density at radius 1 is 1.42 bits per heavy atom. The van der Waals surface area contributed by atoms with Crippen molar-refractivity contribution in [3.05, 3.63) is 23.5 Å². The Hall–Kier alpha value is -1.62. The predicted molar refractivity (Wildman–Crippen MR) is 71.0 cm³/mol. The molecule has 19 heavy (non-hydrogen) atoms. The number of nitrogens with zero attached hydrogens (tertiary/aromatic N) is 2. The fourth-order valence-electron chi connectivity index (χ4n) is 3.81. The number of piperidine rings is 1. The van der Waals surface area contributed by atoms with E-state index in [0.717, 1.165) is 36.4 Å².